The number of hydrogen-bond donors (Lipinski definition) is 0. The fourth-order valence-electron chi connectivity index (χ4n) is 3.58. The maximum absolute atomic E-state index is 12.3. The molecular weight excluding hydrogens is 253 g/mol. The minimum Gasteiger partial charge on any atom is -0.344 e. The van der Waals surface area contributed by atoms with E-state index < -0.39 is 15.3 Å². The summed E-state index contributed by atoms with van der Waals surface area (Å²) in [4.78, 5) is 12.1. The second-order valence-electron chi connectivity index (χ2n) is 5.57. The third kappa shape index (κ3) is 1.76. The van der Waals surface area contributed by atoms with Crippen molar-refractivity contribution in [3.8, 4) is 0 Å². The Morgan fingerprint density at radius 2 is 2.00 bits per heavy atom. The predicted octanol–water partition coefficient (Wildman–Crippen LogP) is 0.393. The smallest absolute Gasteiger partial charge is 0.344 e. The van der Waals surface area contributed by atoms with Crippen LogP contribution in [0.15, 0.2) is 0 Å². The standard InChI is InChI=1S/C11H19NO3S.Al.2H/c1-4-8-7(3)6(2)5-9-10(8)16(14,15)12-11(9)13;;;/h6-10H,4-5H2,1-3H3,(H,12,13);;;/q;+1;;/p-1/t6-,7-,8-,9?,10?;;;/m0.../s1. The number of fused-ring (bicyclic) bond motifs is 1. The van der Waals surface area contributed by atoms with E-state index in [2.05, 4.69) is 13.8 Å². The van der Waals surface area contributed by atoms with Gasteiger partial charge in [0.15, 0.2) is 0 Å². The monoisotopic (exact) mass is 273 g/mol. The zero-order chi connectivity index (χ0) is 13.0. The summed E-state index contributed by atoms with van der Waals surface area (Å²) in [5, 5.41) is -0.441. The Labute approximate surface area is 111 Å². The van der Waals surface area contributed by atoms with E-state index in [0.29, 0.717) is 11.8 Å². The number of amides is 1. The lowest BCUT2D eigenvalue weighted by Crippen LogP contribution is -2.43. The van der Waals surface area contributed by atoms with Crippen molar-refractivity contribution in [1.29, 1.82) is 0 Å². The van der Waals surface area contributed by atoms with Crippen molar-refractivity contribution in [2.75, 3.05) is 0 Å². The second-order valence-corrected chi connectivity index (χ2v) is 9.23. The van der Waals surface area contributed by atoms with E-state index >= 15 is 0 Å². The van der Waals surface area contributed by atoms with Crippen molar-refractivity contribution >= 4 is 32.4 Å². The topological polar surface area (TPSA) is 54.5 Å². The average Bonchev–Trinajstić information content (AvgIpc) is 2.43. The third-order valence-electron chi connectivity index (χ3n) is 4.84. The van der Waals surface area contributed by atoms with Gasteiger partial charge in [-0.3, -0.25) is 4.79 Å². The van der Waals surface area contributed by atoms with E-state index in [1.165, 1.54) is 0 Å². The summed E-state index contributed by atoms with van der Waals surface area (Å²) >= 11 is 0.285. The van der Waals surface area contributed by atoms with E-state index in [9.17, 15) is 13.2 Å². The molecule has 17 heavy (non-hydrogen) atoms. The molecule has 1 heterocycles. The summed E-state index contributed by atoms with van der Waals surface area (Å²) in [5.41, 5.74) is 0. The van der Waals surface area contributed by atoms with Crippen molar-refractivity contribution in [2.24, 2.45) is 23.7 Å². The first-order valence-corrected chi connectivity index (χ1v) is 8.73. The normalized spacial score (nSPS) is 44.8. The van der Waals surface area contributed by atoms with E-state index in [4.69, 9.17) is 0 Å². The van der Waals surface area contributed by atoms with Gasteiger partial charge in [-0.05, 0) is 24.2 Å². The summed E-state index contributed by atoms with van der Waals surface area (Å²) in [6, 6.07) is 0. The Morgan fingerprint density at radius 1 is 1.41 bits per heavy atom. The van der Waals surface area contributed by atoms with E-state index in [1.807, 2.05) is 6.92 Å². The van der Waals surface area contributed by atoms with Crippen LogP contribution in [0.4, 0.5) is 0 Å². The molecule has 0 aromatic carbocycles. The first kappa shape index (κ1) is 13.4. The number of carbonyl (C=O) groups excluding carboxylic acids is 1. The minimum atomic E-state index is -3.35. The molecule has 0 spiro atoms. The molecule has 1 saturated carbocycles. The molecule has 1 aliphatic heterocycles. The Kier molecular flexibility index (Phi) is 3.35. The zero-order valence-electron chi connectivity index (χ0n) is 10.9. The van der Waals surface area contributed by atoms with Gasteiger partial charge < -0.3 is 3.29 Å². The maximum atomic E-state index is 12.3. The Balaban J connectivity index is 2.47. The molecular formula is C11H20AlNO3S. The molecule has 2 unspecified atom stereocenters. The lowest BCUT2D eigenvalue weighted by atomic mass is 9.68. The number of nitrogens with zero attached hydrogens (tertiary/aromatic N) is 1. The van der Waals surface area contributed by atoms with Gasteiger partial charge in [-0.2, -0.15) is 0 Å². The number of rotatable bonds is 1. The molecule has 1 saturated heterocycles. The zero-order valence-corrected chi connectivity index (χ0v) is 13.7. The molecule has 0 bridgehead atoms. The summed E-state index contributed by atoms with van der Waals surface area (Å²) in [6.07, 6.45) is 1.58. The maximum Gasteiger partial charge on any atom is 0.391 e. The lowest BCUT2D eigenvalue weighted by molar-refractivity contribution is -0.128. The lowest BCUT2D eigenvalue weighted by Gasteiger charge is -2.39. The molecule has 6 heteroatoms. The first-order valence-electron chi connectivity index (χ1n) is 6.34. The second kappa shape index (κ2) is 4.25. The van der Waals surface area contributed by atoms with Gasteiger partial charge in [-0.25, -0.2) is 8.42 Å². The van der Waals surface area contributed by atoms with E-state index in [-0.39, 0.29) is 34.3 Å². The van der Waals surface area contributed by atoms with Crippen LogP contribution in [0.25, 0.3) is 0 Å². The molecule has 2 aliphatic rings. The fraction of sp³-hybridized carbons (Fsp3) is 0.909. The van der Waals surface area contributed by atoms with Gasteiger partial charge in [-0.15, -0.1) is 0 Å². The molecule has 2 fully saturated rings. The quantitative estimate of drug-likeness (QED) is 0.650. The molecule has 1 aliphatic carbocycles. The molecule has 5 atom stereocenters. The molecule has 1 amide bonds. The summed E-state index contributed by atoms with van der Waals surface area (Å²) in [5.74, 6) is 0.551. The van der Waals surface area contributed by atoms with Gasteiger partial charge in [0.1, 0.15) is 0 Å². The highest BCUT2D eigenvalue weighted by atomic mass is 32.2. The summed E-state index contributed by atoms with van der Waals surface area (Å²) < 4.78 is 25.7. The number of hydrogen-bond acceptors (Lipinski definition) is 3. The van der Waals surface area contributed by atoms with Crippen molar-refractivity contribution in [2.45, 2.75) is 38.9 Å². The molecule has 0 aromatic heterocycles. The molecule has 0 aromatic rings. The van der Waals surface area contributed by atoms with Crippen LogP contribution >= 0.6 is 0 Å². The molecule has 0 radical (unpaired) electrons. The third-order valence-corrected chi connectivity index (χ3v) is 9.12. The molecule has 96 valence electrons. The van der Waals surface area contributed by atoms with Crippen molar-refractivity contribution < 1.29 is 13.2 Å². The Morgan fingerprint density at radius 3 is 2.53 bits per heavy atom. The number of sulfonamides is 1. The fourth-order valence-corrected chi connectivity index (χ4v) is 6.92. The van der Waals surface area contributed by atoms with Crippen molar-refractivity contribution in [3.63, 3.8) is 0 Å². The SMILES string of the molecule is CC[C@@H]1C2C(C[C@H](C)[C@@H]1C)C(=O)[N]([AlH2])S2(=O)=O. The highest BCUT2D eigenvalue weighted by molar-refractivity contribution is 7.91. The Hall–Kier alpha value is -0.0475. The number of carbonyl (C=O) groups is 1. The van der Waals surface area contributed by atoms with Crippen LogP contribution in [0, 0.1) is 23.7 Å². The van der Waals surface area contributed by atoms with Crippen LogP contribution in [0.5, 0.6) is 0 Å². The van der Waals surface area contributed by atoms with Crippen LogP contribution in [0.2, 0.25) is 0 Å². The van der Waals surface area contributed by atoms with Crippen LogP contribution in [0.3, 0.4) is 0 Å². The summed E-state index contributed by atoms with van der Waals surface area (Å²) in [7, 11) is -3.35. The predicted molar refractivity (Wildman–Crippen MR) is 68.3 cm³/mol. The minimum absolute atomic E-state index is 0.136. The van der Waals surface area contributed by atoms with Crippen LogP contribution in [-0.2, 0) is 14.8 Å². The van der Waals surface area contributed by atoms with Gasteiger partial charge >= 0.3 is 16.5 Å². The highest BCUT2D eigenvalue weighted by Crippen LogP contribution is 2.47. The van der Waals surface area contributed by atoms with Crippen LogP contribution in [0.1, 0.15) is 33.6 Å². The highest BCUT2D eigenvalue weighted by Gasteiger charge is 2.56. The van der Waals surface area contributed by atoms with Crippen LogP contribution in [-0.4, -0.2) is 39.4 Å². The van der Waals surface area contributed by atoms with Crippen molar-refractivity contribution in [1.82, 2.24) is 3.29 Å². The van der Waals surface area contributed by atoms with E-state index in [1.54, 1.807) is 0 Å². The van der Waals surface area contributed by atoms with Gasteiger partial charge in [0.05, 0.1) is 11.2 Å². The van der Waals surface area contributed by atoms with Gasteiger partial charge in [0, 0.05) is 0 Å². The van der Waals surface area contributed by atoms with Gasteiger partial charge in [0.25, 0.3) is 0 Å². The Bertz CT molecular complexity index is 436. The van der Waals surface area contributed by atoms with E-state index in [0.717, 1.165) is 16.1 Å². The molecule has 0 N–H and O–H groups in total. The molecule has 2 rings (SSSR count). The molecule has 4 nitrogen and oxygen atoms in total. The van der Waals surface area contributed by atoms with Gasteiger partial charge in [-0.1, -0.05) is 27.2 Å². The van der Waals surface area contributed by atoms with Crippen molar-refractivity contribution in [3.05, 3.63) is 0 Å². The summed E-state index contributed by atoms with van der Waals surface area (Å²) in [6.45, 7) is 6.30. The largest absolute Gasteiger partial charge is 0.391 e. The average molecular weight is 273 g/mol. The van der Waals surface area contributed by atoms with Gasteiger partial charge in [0.2, 0.25) is 15.9 Å². The first-order chi connectivity index (χ1) is 7.82. The van der Waals surface area contributed by atoms with Crippen LogP contribution < -0.4 is 0 Å².